The number of imide groups is 1. The quantitative estimate of drug-likeness (QED) is 0.357. The van der Waals surface area contributed by atoms with Gasteiger partial charge < -0.3 is 21.5 Å². The molecule has 0 saturated heterocycles. The van der Waals surface area contributed by atoms with Crippen LogP contribution in [0.1, 0.15) is 28.7 Å². The van der Waals surface area contributed by atoms with Crippen molar-refractivity contribution in [2.24, 2.45) is 11.5 Å². The minimum absolute atomic E-state index is 0.184. The number of rotatable bonds is 12. The number of ether oxygens (including phenoxy) is 1. The average molecular weight is 495 g/mol. The molecule has 0 aliphatic heterocycles. The first-order valence-electron chi connectivity index (χ1n) is 11.3. The van der Waals surface area contributed by atoms with E-state index in [0.717, 1.165) is 22.3 Å². The molecule has 0 atom stereocenters. The first kappa shape index (κ1) is 25.9. The molecule has 9 heteroatoms. The third kappa shape index (κ3) is 8.55. The van der Waals surface area contributed by atoms with Crippen LogP contribution in [-0.4, -0.2) is 35.9 Å². The van der Waals surface area contributed by atoms with Crippen molar-refractivity contribution in [3.63, 3.8) is 0 Å². The van der Waals surface area contributed by atoms with Crippen LogP contribution in [0.4, 0.5) is 4.79 Å². The molecule has 3 aromatic rings. The van der Waals surface area contributed by atoms with Gasteiger partial charge in [0, 0.05) is 26.1 Å². The number of urea groups is 1. The zero-order valence-corrected chi connectivity index (χ0v) is 20.3. The number of aryl methyl sites for hydroxylation is 1. The lowest BCUT2D eigenvalue weighted by molar-refractivity contribution is -0.128. The molecule has 0 fully saturated rings. The van der Waals surface area contributed by atoms with Crippen molar-refractivity contribution in [3.05, 3.63) is 87.6 Å². The fourth-order valence-electron chi connectivity index (χ4n) is 3.37. The summed E-state index contributed by atoms with van der Waals surface area (Å²) in [5, 5.41) is 6.85. The van der Waals surface area contributed by atoms with E-state index in [-0.39, 0.29) is 18.9 Å². The summed E-state index contributed by atoms with van der Waals surface area (Å²) >= 11 is 1.58. The molecule has 0 spiro atoms. The lowest BCUT2D eigenvalue weighted by Crippen LogP contribution is -2.44. The number of hydrogen-bond donors (Lipinski definition) is 3. The number of nitrogens with two attached hydrogens (primary N) is 2. The summed E-state index contributed by atoms with van der Waals surface area (Å²) in [5.41, 5.74) is 14.7. The second kappa shape index (κ2) is 13.3. The van der Waals surface area contributed by atoms with Crippen LogP contribution in [0.15, 0.2) is 65.4 Å². The molecule has 0 radical (unpaired) electrons. The largest absolute Gasteiger partial charge is 0.484 e. The molecule has 5 N–H and O–H groups in total. The lowest BCUT2D eigenvalue weighted by Gasteiger charge is -2.21. The van der Waals surface area contributed by atoms with Gasteiger partial charge >= 0.3 is 6.03 Å². The SMILES string of the molecule is NCc1ccc(CNC(=O)N(CCc2ccsc2)C(=O)CCc2ccc(OCC(N)=O)cc2)cc1. The van der Waals surface area contributed by atoms with Gasteiger partial charge in [-0.1, -0.05) is 36.4 Å². The maximum absolute atomic E-state index is 13.0. The standard InChI is InChI=1S/C26H30N4O4S/c27-15-20-1-3-21(4-2-20)16-29-26(33)30(13-11-22-12-14-35-18-22)25(32)10-7-19-5-8-23(9-6-19)34-17-24(28)31/h1-6,8-9,12,14,18H,7,10-11,13,15-17,27H2,(H2,28,31)(H,29,33). The number of carbonyl (C=O) groups is 3. The monoisotopic (exact) mass is 494 g/mol. The highest BCUT2D eigenvalue weighted by Crippen LogP contribution is 2.15. The zero-order valence-electron chi connectivity index (χ0n) is 19.4. The summed E-state index contributed by atoms with van der Waals surface area (Å²) in [6, 6.07) is 16.3. The van der Waals surface area contributed by atoms with Crippen LogP contribution in [0.2, 0.25) is 0 Å². The summed E-state index contributed by atoms with van der Waals surface area (Å²) in [5.74, 6) is -0.270. The Morgan fingerprint density at radius 3 is 2.20 bits per heavy atom. The molecule has 1 aromatic heterocycles. The first-order valence-corrected chi connectivity index (χ1v) is 12.3. The minimum atomic E-state index is -0.548. The van der Waals surface area contributed by atoms with Crippen LogP contribution in [0, 0.1) is 0 Å². The van der Waals surface area contributed by atoms with Crippen molar-refractivity contribution in [1.29, 1.82) is 0 Å². The molecule has 0 bridgehead atoms. The number of thiophene rings is 1. The Balaban J connectivity index is 1.58. The van der Waals surface area contributed by atoms with Gasteiger partial charge in [0.15, 0.2) is 6.61 Å². The second-order valence-corrected chi connectivity index (χ2v) is 8.79. The maximum atomic E-state index is 13.0. The predicted molar refractivity (Wildman–Crippen MR) is 136 cm³/mol. The average Bonchev–Trinajstić information content (AvgIpc) is 3.39. The molecule has 1 heterocycles. The van der Waals surface area contributed by atoms with Gasteiger partial charge in [-0.25, -0.2) is 4.79 Å². The highest BCUT2D eigenvalue weighted by atomic mass is 32.1. The van der Waals surface area contributed by atoms with Gasteiger partial charge in [-0.2, -0.15) is 11.3 Å². The van der Waals surface area contributed by atoms with E-state index in [2.05, 4.69) is 5.32 Å². The van der Waals surface area contributed by atoms with E-state index in [4.69, 9.17) is 16.2 Å². The molecule has 0 aliphatic carbocycles. The van der Waals surface area contributed by atoms with E-state index < -0.39 is 11.9 Å². The van der Waals surface area contributed by atoms with E-state index in [1.807, 2.05) is 53.2 Å². The fraction of sp³-hybridized carbons (Fsp3) is 0.269. The zero-order chi connectivity index (χ0) is 25.0. The molecular formula is C26H30N4O4S. The molecule has 0 saturated carbocycles. The van der Waals surface area contributed by atoms with E-state index in [1.54, 1.807) is 23.5 Å². The Kier molecular flexibility index (Phi) is 9.82. The smallest absolute Gasteiger partial charge is 0.324 e. The second-order valence-electron chi connectivity index (χ2n) is 8.01. The summed E-state index contributed by atoms with van der Waals surface area (Å²) in [6.45, 7) is 0.885. The van der Waals surface area contributed by atoms with Crippen molar-refractivity contribution in [2.45, 2.75) is 32.4 Å². The minimum Gasteiger partial charge on any atom is -0.484 e. The van der Waals surface area contributed by atoms with E-state index in [1.165, 1.54) is 4.90 Å². The van der Waals surface area contributed by atoms with Gasteiger partial charge in [0.05, 0.1) is 0 Å². The molecule has 35 heavy (non-hydrogen) atoms. The fourth-order valence-corrected chi connectivity index (χ4v) is 4.08. The number of primary amides is 1. The van der Waals surface area contributed by atoms with Gasteiger partial charge in [0.1, 0.15) is 5.75 Å². The van der Waals surface area contributed by atoms with Gasteiger partial charge in [-0.05, 0) is 64.1 Å². The number of carbonyl (C=O) groups excluding carboxylic acids is 3. The summed E-state index contributed by atoms with van der Waals surface area (Å²) < 4.78 is 5.25. The van der Waals surface area contributed by atoms with Crippen LogP contribution >= 0.6 is 11.3 Å². The molecule has 3 rings (SSSR count). The highest BCUT2D eigenvalue weighted by Gasteiger charge is 2.21. The van der Waals surface area contributed by atoms with Gasteiger partial charge in [-0.15, -0.1) is 0 Å². The number of benzene rings is 2. The van der Waals surface area contributed by atoms with Crippen molar-refractivity contribution in [2.75, 3.05) is 13.2 Å². The van der Waals surface area contributed by atoms with Crippen LogP contribution in [-0.2, 0) is 35.5 Å². The number of amides is 4. The van der Waals surface area contributed by atoms with Crippen LogP contribution < -0.4 is 21.5 Å². The predicted octanol–water partition coefficient (Wildman–Crippen LogP) is 2.98. The third-order valence-electron chi connectivity index (χ3n) is 5.38. The normalized spacial score (nSPS) is 10.5. The Morgan fingerprint density at radius 2 is 1.57 bits per heavy atom. The Bertz CT molecular complexity index is 1100. The maximum Gasteiger partial charge on any atom is 0.324 e. The Labute approximate surface area is 208 Å². The van der Waals surface area contributed by atoms with Crippen molar-refractivity contribution >= 4 is 29.2 Å². The Hall–Kier alpha value is -3.69. The molecule has 4 amide bonds. The summed E-state index contributed by atoms with van der Waals surface area (Å²) in [4.78, 5) is 38.1. The molecule has 2 aromatic carbocycles. The number of hydrogen-bond acceptors (Lipinski definition) is 6. The topological polar surface area (TPSA) is 128 Å². The van der Waals surface area contributed by atoms with Crippen LogP contribution in [0.3, 0.4) is 0 Å². The molecular weight excluding hydrogens is 464 g/mol. The first-order chi connectivity index (χ1) is 16.9. The molecule has 184 valence electrons. The molecule has 0 unspecified atom stereocenters. The number of nitrogens with zero attached hydrogens (tertiary/aromatic N) is 1. The third-order valence-corrected chi connectivity index (χ3v) is 6.12. The summed E-state index contributed by atoms with van der Waals surface area (Å²) in [6.07, 6.45) is 1.25. The summed E-state index contributed by atoms with van der Waals surface area (Å²) in [7, 11) is 0. The van der Waals surface area contributed by atoms with Crippen molar-refractivity contribution < 1.29 is 19.1 Å². The van der Waals surface area contributed by atoms with Crippen LogP contribution in [0.25, 0.3) is 0 Å². The van der Waals surface area contributed by atoms with Gasteiger partial charge in [-0.3, -0.25) is 14.5 Å². The molecule has 8 nitrogen and oxygen atoms in total. The van der Waals surface area contributed by atoms with Gasteiger partial charge in [0.25, 0.3) is 5.91 Å². The van der Waals surface area contributed by atoms with Crippen LogP contribution in [0.5, 0.6) is 5.75 Å². The molecule has 0 aliphatic rings. The van der Waals surface area contributed by atoms with Gasteiger partial charge in [0.2, 0.25) is 5.91 Å². The van der Waals surface area contributed by atoms with E-state index >= 15 is 0 Å². The lowest BCUT2D eigenvalue weighted by atomic mass is 10.1. The number of nitrogens with one attached hydrogen (secondary N) is 1. The Morgan fingerprint density at radius 1 is 0.886 bits per heavy atom. The van der Waals surface area contributed by atoms with Crippen molar-refractivity contribution in [3.8, 4) is 5.75 Å². The highest BCUT2D eigenvalue weighted by molar-refractivity contribution is 7.07. The van der Waals surface area contributed by atoms with E-state index in [0.29, 0.717) is 38.2 Å². The van der Waals surface area contributed by atoms with E-state index in [9.17, 15) is 14.4 Å². The van der Waals surface area contributed by atoms with Crippen molar-refractivity contribution in [1.82, 2.24) is 10.2 Å².